The van der Waals surface area contributed by atoms with E-state index in [1.54, 1.807) is 38.1 Å². The van der Waals surface area contributed by atoms with Gasteiger partial charge < -0.3 is 14.8 Å². The fourth-order valence-electron chi connectivity index (χ4n) is 2.23. The second kappa shape index (κ2) is 8.33. The number of amides is 1. The van der Waals surface area contributed by atoms with Crippen LogP contribution in [0.3, 0.4) is 0 Å². The van der Waals surface area contributed by atoms with Crippen molar-refractivity contribution in [1.82, 2.24) is 0 Å². The first-order valence-electron chi connectivity index (χ1n) is 8.22. The molecule has 5 heteroatoms. The largest absolute Gasteiger partial charge is 0.481 e. The summed E-state index contributed by atoms with van der Waals surface area (Å²) in [6.45, 7) is 7.74. The van der Waals surface area contributed by atoms with Crippen LogP contribution >= 0.6 is 0 Å². The minimum atomic E-state index is -0.673. The molecule has 2 aromatic carbocycles. The molecule has 0 aliphatic carbocycles. The molecule has 0 saturated carbocycles. The number of carbonyl (C=O) groups is 2. The zero-order valence-corrected chi connectivity index (χ0v) is 15.0. The van der Waals surface area contributed by atoms with Crippen molar-refractivity contribution in [3.05, 3.63) is 59.2 Å². The minimum Gasteiger partial charge on any atom is -0.481 e. The molecule has 5 nitrogen and oxygen atoms in total. The SMILES string of the molecule is CCOC(=O)c1cccc(NC(=O)[C@@H](C)Oc2ccc(C)c(C)c2)c1. The fraction of sp³-hybridized carbons (Fsp3) is 0.300. The molecule has 0 unspecified atom stereocenters. The molecule has 0 aliphatic heterocycles. The molecule has 0 heterocycles. The van der Waals surface area contributed by atoms with E-state index >= 15 is 0 Å². The average molecular weight is 341 g/mol. The van der Waals surface area contributed by atoms with Crippen LogP contribution in [0.2, 0.25) is 0 Å². The number of carbonyl (C=O) groups excluding carboxylic acids is 2. The summed E-state index contributed by atoms with van der Waals surface area (Å²) < 4.78 is 10.7. The highest BCUT2D eigenvalue weighted by Gasteiger charge is 2.16. The van der Waals surface area contributed by atoms with Gasteiger partial charge >= 0.3 is 5.97 Å². The predicted molar refractivity (Wildman–Crippen MR) is 97.0 cm³/mol. The van der Waals surface area contributed by atoms with E-state index in [2.05, 4.69) is 5.32 Å². The highest BCUT2D eigenvalue weighted by atomic mass is 16.5. The standard InChI is InChI=1S/C20H23NO4/c1-5-24-20(23)16-7-6-8-17(12-16)21-19(22)15(4)25-18-10-9-13(2)14(3)11-18/h6-12,15H,5H2,1-4H3,(H,21,22)/t15-/m1/s1. The lowest BCUT2D eigenvalue weighted by Crippen LogP contribution is -2.30. The van der Waals surface area contributed by atoms with Gasteiger partial charge in [0.15, 0.2) is 6.10 Å². The Kier molecular flexibility index (Phi) is 6.17. The van der Waals surface area contributed by atoms with E-state index in [1.807, 2.05) is 32.0 Å². The zero-order valence-electron chi connectivity index (χ0n) is 15.0. The van der Waals surface area contributed by atoms with Crippen molar-refractivity contribution in [2.24, 2.45) is 0 Å². The summed E-state index contributed by atoms with van der Waals surface area (Å²) in [7, 11) is 0. The third-order valence-electron chi connectivity index (χ3n) is 3.80. The van der Waals surface area contributed by atoms with Crippen molar-refractivity contribution in [3.63, 3.8) is 0 Å². The van der Waals surface area contributed by atoms with Crippen LogP contribution in [-0.4, -0.2) is 24.6 Å². The first kappa shape index (κ1) is 18.5. The van der Waals surface area contributed by atoms with Crippen LogP contribution in [-0.2, 0) is 9.53 Å². The molecule has 2 rings (SSSR count). The molecular formula is C20H23NO4. The maximum Gasteiger partial charge on any atom is 0.338 e. The molecule has 0 spiro atoms. The summed E-state index contributed by atoms with van der Waals surface area (Å²) in [6, 6.07) is 12.3. The lowest BCUT2D eigenvalue weighted by atomic mass is 10.1. The summed E-state index contributed by atoms with van der Waals surface area (Å²) in [5.41, 5.74) is 3.18. The van der Waals surface area contributed by atoms with E-state index in [9.17, 15) is 9.59 Å². The van der Waals surface area contributed by atoms with E-state index in [0.29, 0.717) is 23.6 Å². The first-order chi connectivity index (χ1) is 11.9. The summed E-state index contributed by atoms with van der Waals surface area (Å²) >= 11 is 0. The van der Waals surface area contributed by atoms with E-state index in [1.165, 1.54) is 5.56 Å². The van der Waals surface area contributed by atoms with Crippen molar-refractivity contribution in [2.45, 2.75) is 33.8 Å². The van der Waals surface area contributed by atoms with Gasteiger partial charge in [0.25, 0.3) is 5.91 Å². The lowest BCUT2D eigenvalue weighted by Gasteiger charge is -2.16. The molecule has 1 atom stereocenters. The molecule has 25 heavy (non-hydrogen) atoms. The van der Waals surface area contributed by atoms with E-state index < -0.39 is 12.1 Å². The van der Waals surface area contributed by atoms with Gasteiger partial charge in [0.05, 0.1) is 12.2 Å². The highest BCUT2D eigenvalue weighted by molar-refractivity contribution is 5.96. The van der Waals surface area contributed by atoms with Gasteiger partial charge in [0.1, 0.15) is 5.75 Å². The quantitative estimate of drug-likeness (QED) is 0.810. The molecule has 1 amide bonds. The van der Waals surface area contributed by atoms with Crippen molar-refractivity contribution in [2.75, 3.05) is 11.9 Å². The number of benzene rings is 2. The second-order valence-electron chi connectivity index (χ2n) is 5.80. The molecule has 0 bridgehead atoms. The van der Waals surface area contributed by atoms with Crippen molar-refractivity contribution in [3.8, 4) is 5.75 Å². The van der Waals surface area contributed by atoms with E-state index in [-0.39, 0.29) is 5.91 Å². The Bertz CT molecular complexity index is 770. The number of rotatable bonds is 6. The van der Waals surface area contributed by atoms with Crippen LogP contribution in [0.5, 0.6) is 5.75 Å². The second-order valence-corrected chi connectivity index (χ2v) is 5.80. The maximum atomic E-state index is 12.3. The minimum absolute atomic E-state index is 0.292. The molecular weight excluding hydrogens is 318 g/mol. The topological polar surface area (TPSA) is 64.6 Å². The lowest BCUT2D eigenvalue weighted by molar-refractivity contribution is -0.122. The van der Waals surface area contributed by atoms with Crippen LogP contribution in [0, 0.1) is 13.8 Å². The van der Waals surface area contributed by atoms with Crippen molar-refractivity contribution in [1.29, 1.82) is 0 Å². The number of hydrogen-bond acceptors (Lipinski definition) is 4. The van der Waals surface area contributed by atoms with Gasteiger partial charge in [-0.15, -0.1) is 0 Å². The smallest absolute Gasteiger partial charge is 0.338 e. The summed E-state index contributed by atoms with van der Waals surface area (Å²) in [6.07, 6.45) is -0.673. The number of anilines is 1. The van der Waals surface area contributed by atoms with Gasteiger partial charge in [-0.05, 0) is 69.2 Å². The fourth-order valence-corrected chi connectivity index (χ4v) is 2.23. The van der Waals surface area contributed by atoms with E-state index in [0.717, 1.165) is 5.56 Å². The Hall–Kier alpha value is -2.82. The van der Waals surface area contributed by atoms with Crippen molar-refractivity contribution >= 4 is 17.6 Å². The molecule has 0 radical (unpaired) electrons. The van der Waals surface area contributed by atoms with Gasteiger partial charge in [0, 0.05) is 5.69 Å². The van der Waals surface area contributed by atoms with Crippen molar-refractivity contribution < 1.29 is 19.1 Å². The number of nitrogens with one attached hydrogen (secondary N) is 1. The Balaban J connectivity index is 2.02. The molecule has 1 N–H and O–H groups in total. The Morgan fingerprint density at radius 1 is 1.08 bits per heavy atom. The monoisotopic (exact) mass is 341 g/mol. The van der Waals surface area contributed by atoms with Gasteiger partial charge in [-0.2, -0.15) is 0 Å². The Labute approximate surface area is 148 Å². The molecule has 0 fully saturated rings. The molecule has 2 aromatic rings. The van der Waals surface area contributed by atoms with Gasteiger partial charge in [-0.1, -0.05) is 12.1 Å². The number of ether oxygens (including phenoxy) is 2. The van der Waals surface area contributed by atoms with Gasteiger partial charge in [-0.25, -0.2) is 4.79 Å². The first-order valence-corrected chi connectivity index (χ1v) is 8.22. The number of esters is 1. The number of aryl methyl sites for hydroxylation is 2. The predicted octanol–water partition coefficient (Wildman–Crippen LogP) is 3.89. The highest BCUT2D eigenvalue weighted by Crippen LogP contribution is 2.18. The van der Waals surface area contributed by atoms with Gasteiger partial charge in [0.2, 0.25) is 0 Å². The summed E-state index contributed by atoms with van der Waals surface area (Å²) in [4.78, 5) is 24.1. The Morgan fingerprint density at radius 2 is 1.84 bits per heavy atom. The third-order valence-corrected chi connectivity index (χ3v) is 3.80. The normalized spacial score (nSPS) is 11.5. The van der Waals surface area contributed by atoms with Gasteiger partial charge in [-0.3, -0.25) is 4.79 Å². The number of hydrogen-bond donors (Lipinski definition) is 1. The molecule has 0 aliphatic rings. The van der Waals surface area contributed by atoms with Crippen LogP contribution in [0.1, 0.15) is 35.3 Å². The van der Waals surface area contributed by atoms with E-state index in [4.69, 9.17) is 9.47 Å². The summed E-state index contributed by atoms with van der Waals surface area (Å²) in [5, 5.41) is 2.75. The Morgan fingerprint density at radius 3 is 2.52 bits per heavy atom. The maximum absolute atomic E-state index is 12.3. The summed E-state index contributed by atoms with van der Waals surface area (Å²) in [5.74, 6) is -0.0664. The van der Waals surface area contributed by atoms with Crippen LogP contribution in [0.15, 0.2) is 42.5 Å². The molecule has 0 aromatic heterocycles. The molecule has 0 saturated heterocycles. The zero-order chi connectivity index (χ0) is 18.4. The van der Waals surface area contributed by atoms with Crippen LogP contribution in [0.4, 0.5) is 5.69 Å². The molecule has 132 valence electrons. The van der Waals surface area contributed by atoms with Crippen LogP contribution < -0.4 is 10.1 Å². The third kappa shape index (κ3) is 5.08. The van der Waals surface area contributed by atoms with Crippen LogP contribution in [0.25, 0.3) is 0 Å². The average Bonchev–Trinajstić information content (AvgIpc) is 2.58.